The zero-order valence-corrected chi connectivity index (χ0v) is 51.8. The Balaban J connectivity index is 0.740. The number of rotatable bonds is 37. The fraction of sp³-hybridized carbons (Fsp3) is 0.523. The number of pyridine rings is 2. The Morgan fingerprint density at radius 2 is 1.49 bits per heavy atom. The van der Waals surface area contributed by atoms with Crippen molar-refractivity contribution in [2.45, 2.75) is 135 Å². The second-order valence-corrected chi connectivity index (χ2v) is 23.4. The summed E-state index contributed by atoms with van der Waals surface area (Å²) in [5.74, 6) is -8.55. The van der Waals surface area contributed by atoms with Gasteiger partial charge in [-0.2, -0.15) is 0 Å². The molecule has 2 aromatic heterocycles. The standard InChI is InChI=1S/C65H78FN7O19/c1-4-65(87)46-30-51-60-44(35-73(51)63(85)45(46)36-92-64(65)86)59-48(13-12-43-38(3)47(66)31-50(71-60)58(43)59)69-55(79)34-68-61(83)40(28-39-9-6-5-7-10-39)29-42(75)33-67-53(77)15-14-52(76)49(32-57(81)82)70-54(78)17-20-89-22-24-91-26-25-90-23-21-88-19-8-11-41(74)16-18-72-56(80)27-37(2)62(72)84/h5-7,9-10,30-31,37,40,48-49,87H,4,8,11-29,32-36H2,1-3H3,(H,67,77)(H,68,83)(H,69,79)(H,70,78)(H,81,82)/t37?,40-,48+,49+,65+/m1/s1. The number of nitrogens with one attached hydrogen (secondary N) is 4. The van der Waals surface area contributed by atoms with Gasteiger partial charge in [0.25, 0.3) is 5.56 Å². The van der Waals surface area contributed by atoms with Crippen LogP contribution in [0.2, 0.25) is 0 Å². The van der Waals surface area contributed by atoms with Crippen molar-refractivity contribution in [2.24, 2.45) is 11.8 Å². The quantitative estimate of drug-likeness (QED) is 0.0189. The van der Waals surface area contributed by atoms with Gasteiger partial charge in [-0.05, 0) is 67.3 Å². The van der Waals surface area contributed by atoms with Crippen molar-refractivity contribution in [1.29, 1.82) is 0 Å². The lowest BCUT2D eigenvalue weighted by Gasteiger charge is -2.31. The molecular weight excluding hydrogens is 1200 g/mol. The van der Waals surface area contributed by atoms with Crippen LogP contribution in [-0.2, 0) is 108 Å². The first-order valence-corrected chi connectivity index (χ1v) is 31.0. The molecule has 1 saturated heterocycles. The van der Waals surface area contributed by atoms with E-state index in [2.05, 4.69) is 21.3 Å². The van der Waals surface area contributed by atoms with Crippen LogP contribution in [0.15, 0.2) is 47.3 Å². The van der Waals surface area contributed by atoms with Gasteiger partial charge in [0.1, 0.15) is 18.2 Å². The Bertz CT molecular complexity index is 3560. The first-order chi connectivity index (χ1) is 44.1. The number of hydrogen-bond donors (Lipinski definition) is 6. The lowest BCUT2D eigenvalue weighted by atomic mass is 9.81. The molecule has 0 bridgehead atoms. The molecule has 5 atom stereocenters. The van der Waals surface area contributed by atoms with Crippen molar-refractivity contribution in [3.8, 4) is 11.4 Å². The monoisotopic (exact) mass is 1280 g/mol. The number of aliphatic hydroxyl groups is 1. The molecule has 1 fully saturated rings. The number of likely N-dealkylation sites (tertiary alicyclic amines) is 1. The van der Waals surface area contributed by atoms with E-state index in [1.807, 2.05) is 0 Å². The summed E-state index contributed by atoms with van der Waals surface area (Å²) in [6.45, 7) is 5.39. The summed E-state index contributed by atoms with van der Waals surface area (Å²) in [6, 6.07) is 9.51. The van der Waals surface area contributed by atoms with E-state index >= 15 is 4.39 Å². The molecule has 4 aromatic rings. The maximum atomic E-state index is 15.5. The fourth-order valence-corrected chi connectivity index (χ4v) is 11.9. The molecule has 0 spiro atoms. The number of carboxylic acids is 1. The molecule has 6 N–H and O–H groups in total. The highest BCUT2D eigenvalue weighted by Gasteiger charge is 2.46. The maximum absolute atomic E-state index is 15.5. The molecule has 6 amide bonds. The van der Waals surface area contributed by atoms with E-state index in [1.54, 1.807) is 57.2 Å². The number of hydrogen-bond acceptors (Lipinski definition) is 19. The smallest absolute Gasteiger partial charge is 0.343 e. The molecule has 92 heavy (non-hydrogen) atoms. The van der Waals surface area contributed by atoms with Crippen LogP contribution in [0.1, 0.15) is 129 Å². The van der Waals surface area contributed by atoms with Crippen LogP contribution >= 0.6 is 0 Å². The summed E-state index contributed by atoms with van der Waals surface area (Å²) in [4.78, 5) is 161. The van der Waals surface area contributed by atoms with Gasteiger partial charge in [0.15, 0.2) is 17.2 Å². The number of aryl methyl sites for hydroxylation is 1. The molecule has 0 saturated carbocycles. The number of Topliss-reactive ketones (excluding diaryl/α,β-unsaturated/α-hetero) is 3. The number of nitrogens with zero attached hydrogens (tertiary/aromatic N) is 3. The van der Waals surface area contributed by atoms with E-state index in [0.717, 1.165) is 4.90 Å². The topological polar surface area (TPSA) is 361 Å². The van der Waals surface area contributed by atoms with E-state index in [4.69, 9.17) is 28.7 Å². The van der Waals surface area contributed by atoms with Crippen molar-refractivity contribution in [3.63, 3.8) is 0 Å². The number of aromatic nitrogens is 2. The fourth-order valence-electron chi connectivity index (χ4n) is 11.9. The number of aliphatic carboxylic acids is 1. The van der Waals surface area contributed by atoms with Crippen LogP contribution < -0.4 is 26.8 Å². The molecule has 5 heterocycles. The minimum atomic E-state index is -2.08. The molecule has 1 unspecified atom stereocenters. The summed E-state index contributed by atoms with van der Waals surface area (Å²) in [6.07, 6.45) is -0.490. The van der Waals surface area contributed by atoms with E-state index in [-0.39, 0.29) is 138 Å². The predicted molar refractivity (Wildman–Crippen MR) is 323 cm³/mol. The number of amides is 6. The molecule has 1 aliphatic carbocycles. The number of halogens is 1. The Kier molecular flexibility index (Phi) is 24.3. The molecule has 0 radical (unpaired) electrons. The normalized spacial score (nSPS) is 17.7. The van der Waals surface area contributed by atoms with E-state index in [0.29, 0.717) is 83.7 Å². The van der Waals surface area contributed by atoms with Crippen molar-refractivity contribution in [3.05, 3.63) is 97.6 Å². The minimum Gasteiger partial charge on any atom is -0.481 e. The molecule has 4 aliphatic rings. The Hall–Kier alpha value is -8.50. The lowest BCUT2D eigenvalue weighted by molar-refractivity contribution is -0.172. The third-order valence-corrected chi connectivity index (χ3v) is 16.9. The highest BCUT2D eigenvalue weighted by Crippen LogP contribution is 2.46. The average Bonchev–Trinajstić information content (AvgIpc) is 1.48. The van der Waals surface area contributed by atoms with Gasteiger partial charge in [-0.1, -0.05) is 44.2 Å². The number of cyclic esters (lactones) is 1. The highest BCUT2D eigenvalue weighted by molar-refractivity contribution is 6.03. The molecule has 2 aromatic carbocycles. The number of carbonyl (C=O) groups excluding carboxylic acids is 10. The van der Waals surface area contributed by atoms with Gasteiger partial charge >= 0.3 is 11.9 Å². The van der Waals surface area contributed by atoms with Crippen molar-refractivity contribution < 1.29 is 91.0 Å². The SMILES string of the molecule is CC[C@@]1(O)C(=O)OCc2c1cc1n(c2=O)Cc2c-1nc1cc(F)c(C)c3c1c2[C@@H](NC(=O)CNC(=O)[C@@H](CC(=O)CNC(=O)CCC(=O)[C@H](CC(=O)O)NC(=O)CCOCCOCCOCCOCCCC(=O)CCN1C(=O)CC(C)C1=O)Cc1ccccc1)CC3. The van der Waals surface area contributed by atoms with Crippen molar-refractivity contribution in [1.82, 2.24) is 35.7 Å². The van der Waals surface area contributed by atoms with Gasteiger partial charge in [0.05, 0.1) is 107 Å². The highest BCUT2D eigenvalue weighted by atomic mass is 19.1. The zero-order chi connectivity index (χ0) is 66.2. The number of benzene rings is 2. The van der Waals surface area contributed by atoms with Gasteiger partial charge in [0.2, 0.25) is 35.4 Å². The van der Waals surface area contributed by atoms with Crippen LogP contribution in [0.3, 0.4) is 0 Å². The van der Waals surface area contributed by atoms with Crippen molar-refractivity contribution >= 4 is 75.6 Å². The van der Waals surface area contributed by atoms with Gasteiger partial charge in [-0.25, -0.2) is 14.2 Å². The second kappa shape index (κ2) is 32.2. The number of ketones is 3. The van der Waals surface area contributed by atoms with Gasteiger partial charge in [-0.3, -0.25) is 57.6 Å². The predicted octanol–water partition coefficient (Wildman–Crippen LogP) is 2.58. The number of imide groups is 1. The number of ether oxygens (including phenoxy) is 5. The third kappa shape index (κ3) is 17.3. The average molecular weight is 1280 g/mol. The zero-order valence-electron chi connectivity index (χ0n) is 51.8. The van der Waals surface area contributed by atoms with Crippen LogP contribution in [0.25, 0.3) is 22.3 Å². The number of fused-ring (bicyclic) bond motifs is 5. The molecule has 3 aliphatic heterocycles. The number of esters is 1. The molecule has 8 rings (SSSR count). The van der Waals surface area contributed by atoms with Gasteiger partial charge in [-0.15, -0.1) is 0 Å². The van der Waals surface area contributed by atoms with Gasteiger partial charge < -0.3 is 59.7 Å². The summed E-state index contributed by atoms with van der Waals surface area (Å²) < 4.78 is 44.0. The third-order valence-electron chi connectivity index (χ3n) is 16.9. The Labute approximate surface area is 528 Å². The first kappa shape index (κ1) is 69.4. The van der Waals surface area contributed by atoms with E-state index in [1.165, 1.54) is 10.6 Å². The summed E-state index contributed by atoms with van der Waals surface area (Å²) in [7, 11) is 0. The first-order valence-electron chi connectivity index (χ1n) is 31.0. The largest absolute Gasteiger partial charge is 0.481 e. The minimum absolute atomic E-state index is 0.0138. The summed E-state index contributed by atoms with van der Waals surface area (Å²) in [5.41, 5.74) is 1.54. The Morgan fingerprint density at radius 1 is 0.793 bits per heavy atom. The second-order valence-electron chi connectivity index (χ2n) is 23.4. The van der Waals surface area contributed by atoms with E-state index in [9.17, 15) is 67.7 Å². The molecular formula is C65H78FN7O19. The van der Waals surface area contributed by atoms with Crippen LogP contribution in [0.4, 0.5) is 4.39 Å². The summed E-state index contributed by atoms with van der Waals surface area (Å²) in [5, 5.41) is 32.0. The molecule has 26 nitrogen and oxygen atoms in total. The van der Waals surface area contributed by atoms with Crippen LogP contribution in [-0.4, -0.2) is 168 Å². The van der Waals surface area contributed by atoms with Crippen LogP contribution in [0, 0.1) is 24.6 Å². The Morgan fingerprint density at radius 3 is 2.16 bits per heavy atom. The van der Waals surface area contributed by atoms with Crippen LogP contribution in [0.5, 0.6) is 0 Å². The van der Waals surface area contributed by atoms with Crippen molar-refractivity contribution in [2.75, 3.05) is 72.5 Å². The number of carbonyl (C=O) groups is 11. The molecule has 494 valence electrons. The maximum Gasteiger partial charge on any atom is 0.343 e. The van der Waals surface area contributed by atoms with E-state index < -0.39 is 114 Å². The molecule has 27 heteroatoms. The lowest BCUT2D eigenvalue weighted by Crippen LogP contribution is -2.44. The summed E-state index contributed by atoms with van der Waals surface area (Å²) >= 11 is 0. The van der Waals surface area contributed by atoms with Gasteiger partial charge in [0, 0.05) is 92.5 Å². The number of carboxylic acid groups (broad SMARTS) is 1.